The monoisotopic (exact) mass is 267 g/mol. The smallest absolute Gasteiger partial charge is 0.0359 e. The molecule has 0 spiro atoms. The SMILES string of the molecule is CC1CCCC(CN)(N2CCC(N(C)C)CC2)C1C. The van der Waals surface area contributed by atoms with Crippen LogP contribution in [-0.4, -0.2) is 55.1 Å². The van der Waals surface area contributed by atoms with Crippen LogP contribution in [0, 0.1) is 11.8 Å². The van der Waals surface area contributed by atoms with Crippen molar-refractivity contribution in [1.29, 1.82) is 0 Å². The number of rotatable bonds is 3. The van der Waals surface area contributed by atoms with E-state index in [1.54, 1.807) is 0 Å². The first-order valence-electron chi connectivity index (χ1n) is 8.13. The molecule has 0 aromatic carbocycles. The maximum absolute atomic E-state index is 6.26. The molecule has 19 heavy (non-hydrogen) atoms. The molecule has 1 saturated carbocycles. The minimum absolute atomic E-state index is 0.287. The lowest BCUT2D eigenvalue weighted by molar-refractivity contribution is -0.0325. The normalized spacial score (nSPS) is 38.8. The predicted molar refractivity (Wildman–Crippen MR) is 82.2 cm³/mol. The molecule has 1 saturated heterocycles. The quantitative estimate of drug-likeness (QED) is 0.850. The zero-order valence-electron chi connectivity index (χ0n) is 13.4. The third-order valence-electron chi connectivity index (χ3n) is 6.15. The summed E-state index contributed by atoms with van der Waals surface area (Å²) in [6, 6.07) is 0.766. The van der Waals surface area contributed by atoms with Crippen molar-refractivity contribution < 1.29 is 0 Å². The van der Waals surface area contributed by atoms with Gasteiger partial charge in [-0.15, -0.1) is 0 Å². The Labute approximate surface area is 119 Å². The van der Waals surface area contributed by atoms with Crippen LogP contribution in [0.25, 0.3) is 0 Å². The average molecular weight is 267 g/mol. The molecule has 0 radical (unpaired) electrons. The second-order valence-corrected chi connectivity index (χ2v) is 7.15. The van der Waals surface area contributed by atoms with Gasteiger partial charge in [0, 0.05) is 31.2 Å². The summed E-state index contributed by atoms with van der Waals surface area (Å²) in [7, 11) is 4.43. The lowest BCUT2D eigenvalue weighted by atomic mass is 9.67. The summed E-state index contributed by atoms with van der Waals surface area (Å²) < 4.78 is 0. The third-order valence-corrected chi connectivity index (χ3v) is 6.15. The zero-order chi connectivity index (χ0) is 14.0. The molecule has 0 aromatic heterocycles. The van der Waals surface area contributed by atoms with Gasteiger partial charge in [-0.3, -0.25) is 4.90 Å². The largest absolute Gasteiger partial charge is 0.329 e. The van der Waals surface area contributed by atoms with E-state index in [1.807, 2.05) is 0 Å². The van der Waals surface area contributed by atoms with Gasteiger partial charge < -0.3 is 10.6 Å². The predicted octanol–water partition coefficient (Wildman–Crippen LogP) is 2.17. The van der Waals surface area contributed by atoms with Gasteiger partial charge in [0.05, 0.1) is 0 Å². The van der Waals surface area contributed by atoms with Gasteiger partial charge in [-0.2, -0.15) is 0 Å². The number of nitrogens with zero attached hydrogens (tertiary/aromatic N) is 2. The van der Waals surface area contributed by atoms with E-state index in [4.69, 9.17) is 5.73 Å². The van der Waals surface area contributed by atoms with Gasteiger partial charge in [0.15, 0.2) is 0 Å². The summed E-state index contributed by atoms with van der Waals surface area (Å²) in [6.07, 6.45) is 6.65. The van der Waals surface area contributed by atoms with Crippen molar-refractivity contribution >= 4 is 0 Å². The Morgan fingerprint density at radius 2 is 1.79 bits per heavy atom. The Morgan fingerprint density at radius 3 is 2.32 bits per heavy atom. The van der Waals surface area contributed by atoms with Crippen LogP contribution in [0.15, 0.2) is 0 Å². The summed E-state index contributed by atoms with van der Waals surface area (Å²) in [4.78, 5) is 5.13. The van der Waals surface area contributed by atoms with E-state index in [9.17, 15) is 0 Å². The van der Waals surface area contributed by atoms with Gasteiger partial charge in [-0.05, 0) is 45.2 Å². The van der Waals surface area contributed by atoms with Crippen LogP contribution in [0.4, 0.5) is 0 Å². The van der Waals surface area contributed by atoms with E-state index in [-0.39, 0.29) is 5.54 Å². The van der Waals surface area contributed by atoms with Gasteiger partial charge in [0.1, 0.15) is 0 Å². The summed E-state index contributed by atoms with van der Waals surface area (Å²) in [6.45, 7) is 8.16. The molecule has 3 atom stereocenters. The zero-order valence-corrected chi connectivity index (χ0v) is 13.4. The molecule has 2 N–H and O–H groups in total. The van der Waals surface area contributed by atoms with Crippen molar-refractivity contribution in [3.63, 3.8) is 0 Å². The summed E-state index contributed by atoms with van der Waals surface area (Å²) in [5, 5.41) is 0. The van der Waals surface area contributed by atoms with Crippen molar-refractivity contribution in [2.24, 2.45) is 17.6 Å². The van der Waals surface area contributed by atoms with Gasteiger partial charge in [0.25, 0.3) is 0 Å². The van der Waals surface area contributed by atoms with Gasteiger partial charge in [-0.1, -0.05) is 26.7 Å². The Bertz CT molecular complexity index is 284. The molecule has 3 heteroatoms. The summed E-state index contributed by atoms with van der Waals surface area (Å²) in [5.41, 5.74) is 6.55. The molecule has 1 heterocycles. The van der Waals surface area contributed by atoms with Crippen molar-refractivity contribution in [3.8, 4) is 0 Å². The van der Waals surface area contributed by atoms with Gasteiger partial charge in [-0.25, -0.2) is 0 Å². The molecular formula is C16H33N3. The van der Waals surface area contributed by atoms with E-state index in [0.29, 0.717) is 0 Å². The molecule has 2 aliphatic rings. The maximum atomic E-state index is 6.26. The highest BCUT2D eigenvalue weighted by atomic mass is 15.2. The topological polar surface area (TPSA) is 32.5 Å². The highest BCUT2D eigenvalue weighted by Crippen LogP contribution is 2.42. The van der Waals surface area contributed by atoms with Crippen molar-refractivity contribution in [2.45, 2.75) is 57.5 Å². The van der Waals surface area contributed by atoms with E-state index < -0.39 is 0 Å². The summed E-state index contributed by atoms with van der Waals surface area (Å²) in [5.74, 6) is 1.56. The average Bonchev–Trinajstić information content (AvgIpc) is 2.42. The van der Waals surface area contributed by atoms with Crippen LogP contribution in [0.1, 0.15) is 46.0 Å². The molecular weight excluding hydrogens is 234 g/mol. The molecule has 1 aliphatic carbocycles. The van der Waals surface area contributed by atoms with Gasteiger partial charge >= 0.3 is 0 Å². The number of hydrogen-bond donors (Lipinski definition) is 1. The van der Waals surface area contributed by atoms with Crippen molar-refractivity contribution in [2.75, 3.05) is 33.7 Å². The molecule has 112 valence electrons. The van der Waals surface area contributed by atoms with E-state index in [0.717, 1.165) is 24.4 Å². The van der Waals surface area contributed by atoms with E-state index >= 15 is 0 Å². The molecule has 2 fully saturated rings. The highest BCUT2D eigenvalue weighted by Gasteiger charge is 2.45. The molecule has 1 aliphatic heterocycles. The summed E-state index contributed by atoms with van der Waals surface area (Å²) >= 11 is 0. The molecule has 3 nitrogen and oxygen atoms in total. The van der Waals surface area contributed by atoms with E-state index in [2.05, 4.69) is 37.7 Å². The molecule has 3 unspecified atom stereocenters. The van der Waals surface area contributed by atoms with Crippen LogP contribution in [0.5, 0.6) is 0 Å². The Kier molecular flexibility index (Phi) is 4.91. The minimum Gasteiger partial charge on any atom is -0.329 e. The van der Waals surface area contributed by atoms with Crippen LogP contribution in [0.2, 0.25) is 0 Å². The number of hydrogen-bond acceptors (Lipinski definition) is 3. The lowest BCUT2D eigenvalue weighted by Crippen LogP contribution is -2.63. The molecule has 0 aromatic rings. The van der Waals surface area contributed by atoms with Crippen molar-refractivity contribution in [3.05, 3.63) is 0 Å². The Hall–Kier alpha value is -0.120. The Morgan fingerprint density at radius 1 is 1.16 bits per heavy atom. The second kappa shape index (κ2) is 6.11. The fourth-order valence-corrected chi connectivity index (χ4v) is 4.43. The van der Waals surface area contributed by atoms with E-state index in [1.165, 1.54) is 45.2 Å². The molecule has 0 amide bonds. The molecule has 2 rings (SSSR count). The molecule has 0 bridgehead atoms. The third kappa shape index (κ3) is 2.84. The second-order valence-electron chi connectivity index (χ2n) is 7.15. The van der Waals surface area contributed by atoms with Crippen LogP contribution >= 0.6 is 0 Å². The first-order chi connectivity index (χ1) is 9.01. The number of piperidine rings is 1. The lowest BCUT2D eigenvalue weighted by Gasteiger charge is -2.54. The Balaban J connectivity index is 2.06. The standard InChI is InChI=1S/C16H33N3/c1-13-6-5-9-16(12-17,14(13)2)19-10-7-15(8-11-19)18(3)4/h13-15H,5-12,17H2,1-4H3. The van der Waals surface area contributed by atoms with Crippen LogP contribution in [0.3, 0.4) is 0 Å². The van der Waals surface area contributed by atoms with Crippen LogP contribution < -0.4 is 5.73 Å². The first-order valence-corrected chi connectivity index (χ1v) is 8.13. The number of likely N-dealkylation sites (tertiary alicyclic amines) is 1. The fourth-order valence-electron chi connectivity index (χ4n) is 4.43. The number of nitrogens with two attached hydrogens (primary N) is 1. The first kappa shape index (κ1) is 15.3. The minimum atomic E-state index is 0.287. The fraction of sp³-hybridized carbons (Fsp3) is 1.00. The van der Waals surface area contributed by atoms with Gasteiger partial charge in [0.2, 0.25) is 0 Å². The highest BCUT2D eigenvalue weighted by molar-refractivity contribution is 5.01. The van der Waals surface area contributed by atoms with Crippen molar-refractivity contribution in [1.82, 2.24) is 9.80 Å². The van der Waals surface area contributed by atoms with Crippen LogP contribution in [-0.2, 0) is 0 Å². The maximum Gasteiger partial charge on any atom is 0.0359 e.